The number of rotatable bonds is 8. The molecule has 1 atom stereocenters. The van der Waals surface area contributed by atoms with Gasteiger partial charge in [-0.1, -0.05) is 12.1 Å². The molecule has 0 saturated heterocycles. The third kappa shape index (κ3) is 5.66. The van der Waals surface area contributed by atoms with Crippen LogP contribution in [0.2, 0.25) is 0 Å². The molecule has 20 heavy (non-hydrogen) atoms. The van der Waals surface area contributed by atoms with Crippen molar-refractivity contribution in [3.63, 3.8) is 0 Å². The van der Waals surface area contributed by atoms with Gasteiger partial charge in [-0.05, 0) is 24.6 Å². The molecule has 5 N–H and O–H groups in total. The maximum atomic E-state index is 11.3. The Bertz CT molecular complexity index is 560. The lowest BCUT2D eigenvalue weighted by Gasteiger charge is -2.15. The second kappa shape index (κ2) is 7.34. The average molecular weight is 301 g/mol. The number of primary sulfonamides is 1. The zero-order valence-corrected chi connectivity index (χ0v) is 12.0. The van der Waals surface area contributed by atoms with E-state index in [9.17, 15) is 13.2 Å². The summed E-state index contributed by atoms with van der Waals surface area (Å²) in [6.45, 7) is 2.61. The van der Waals surface area contributed by atoms with Gasteiger partial charge in [0.05, 0.1) is 11.5 Å². The van der Waals surface area contributed by atoms with Crippen LogP contribution in [0.5, 0.6) is 0 Å². The number of amides is 1. The third-order valence-electron chi connectivity index (χ3n) is 2.63. The highest BCUT2D eigenvalue weighted by Crippen LogP contribution is 2.16. The van der Waals surface area contributed by atoms with Crippen molar-refractivity contribution in [3.8, 4) is 0 Å². The fourth-order valence-corrected chi connectivity index (χ4v) is 2.17. The van der Waals surface area contributed by atoms with E-state index in [1.54, 1.807) is 12.1 Å². The number of carbonyl (C=O) groups excluding carboxylic acids is 1. The molecule has 1 unspecified atom stereocenters. The molecule has 0 spiro atoms. The number of hydrogen-bond donors (Lipinski definition) is 3. The molecule has 0 aliphatic carbocycles. The molecule has 1 aromatic carbocycles. The first kappa shape index (κ1) is 16.6. The summed E-state index contributed by atoms with van der Waals surface area (Å²) >= 11 is 0. The van der Waals surface area contributed by atoms with Crippen molar-refractivity contribution in [2.75, 3.05) is 19.8 Å². The summed E-state index contributed by atoms with van der Waals surface area (Å²) in [6.07, 6.45) is 0. The summed E-state index contributed by atoms with van der Waals surface area (Å²) in [6, 6.07) is 6.33. The van der Waals surface area contributed by atoms with Crippen molar-refractivity contribution in [2.24, 2.45) is 10.9 Å². The molecular weight excluding hydrogens is 282 g/mol. The van der Waals surface area contributed by atoms with Crippen LogP contribution in [0.1, 0.15) is 18.5 Å². The number of sulfonamides is 1. The molecule has 1 rings (SSSR count). The van der Waals surface area contributed by atoms with Gasteiger partial charge in [-0.3, -0.25) is 4.79 Å². The number of hydrogen-bond acceptors (Lipinski definition) is 5. The second-order valence-corrected chi connectivity index (χ2v) is 5.87. The fourth-order valence-electron chi connectivity index (χ4n) is 1.60. The Morgan fingerprint density at radius 2 is 2.15 bits per heavy atom. The minimum Gasteiger partial charge on any atom is -0.370 e. The van der Waals surface area contributed by atoms with Crippen LogP contribution in [0.15, 0.2) is 29.2 Å². The molecular formula is C12H19N3O4S. The number of nitrogens with one attached hydrogen (secondary N) is 1. The summed E-state index contributed by atoms with van der Waals surface area (Å²) in [7, 11) is -3.70. The highest BCUT2D eigenvalue weighted by Gasteiger charge is 2.11. The molecule has 7 nitrogen and oxygen atoms in total. The van der Waals surface area contributed by atoms with E-state index in [-0.39, 0.29) is 17.5 Å². The Labute approximate surface area is 118 Å². The van der Waals surface area contributed by atoms with E-state index in [0.29, 0.717) is 13.2 Å². The van der Waals surface area contributed by atoms with Crippen LogP contribution in [0.3, 0.4) is 0 Å². The second-order valence-electron chi connectivity index (χ2n) is 4.31. The van der Waals surface area contributed by atoms with Crippen LogP contribution in [0.25, 0.3) is 0 Å². The number of nitrogens with two attached hydrogens (primary N) is 2. The zero-order chi connectivity index (χ0) is 15.2. The molecule has 0 bridgehead atoms. The average Bonchev–Trinajstić information content (AvgIpc) is 2.37. The van der Waals surface area contributed by atoms with Gasteiger partial charge in [0.15, 0.2) is 0 Å². The van der Waals surface area contributed by atoms with Crippen molar-refractivity contribution < 1.29 is 17.9 Å². The van der Waals surface area contributed by atoms with Crippen LogP contribution in [0.4, 0.5) is 0 Å². The van der Waals surface area contributed by atoms with E-state index in [2.05, 4.69) is 5.32 Å². The van der Waals surface area contributed by atoms with Crippen molar-refractivity contribution in [1.29, 1.82) is 0 Å². The first-order chi connectivity index (χ1) is 9.30. The maximum Gasteiger partial charge on any atom is 0.243 e. The standard InChI is InChI=1S/C12H19N3O4S/c1-9(15-5-6-19-8-12(13)16)10-3-2-4-11(7-10)20(14,17)18/h2-4,7,9,15H,5-6,8H2,1H3,(H2,13,16)(H2,14,17,18). The van der Waals surface area contributed by atoms with E-state index in [1.165, 1.54) is 12.1 Å². The highest BCUT2D eigenvalue weighted by atomic mass is 32.2. The molecule has 0 aliphatic rings. The SMILES string of the molecule is CC(NCCOCC(N)=O)c1cccc(S(N)(=O)=O)c1. The van der Waals surface area contributed by atoms with E-state index < -0.39 is 15.9 Å². The Kier molecular flexibility index (Phi) is 6.08. The lowest BCUT2D eigenvalue weighted by molar-refractivity contribution is -0.122. The topological polar surface area (TPSA) is 125 Å². The quantitative estimate of drug-likeness (QED) is 0.558. The molecule has 0 radical (unpaired) electrons. The largest absolute Gasteiger partial charge is 0.370 e. The normalized spacial score (nSPS) is 13.1. The fraction of sp³-hybridized carbons (Fsp3) is 0.417. The van der Waals surface area contributed by atoms with Crippen LogP contribution in [0, 0.1) is 0 Å². The van der Waals surface area contributed by atoms with Gasteiger partial charge < -0.3 is 15.8 Å². The molecule has 1 aromatic rings. The van der Waals surface area contributed by atoms with E-state index >= 15 is 0 Å². The van der Waals surface area contributed by atoms with E-state index in [1.807, 2.05) is 6.92 Å². The minimum atomic E-state index is -3.70. The van der Waals surface area contributed by atoms with Crippen molar-refractivity contribution in [3.05, 3.63) is 29.8 Å². The van der Waals surface area contributed by atoms with Gasteiger partial charge in [-0.15, -0.1) is 0 Å². The molecule has 0 aliphatic heterocycles. The first-order valence-corrected chi connectivity index (χ1v) is 7.57. The monoisotopic (exact) mass is 301 g/mol. The number of carbonyl (C=O) groups is 1. The Morgan fingerprint density at radius 3 is 2.75 bits per heavy atom. The summed E-state index contributed by atoms with van der Waals surface area (Å²) in [5.74, 6) is -0.515. The van der Waals surface area contributed by atoms with Crippen molar-refractivity contribution in [1.82, 2.24) is 5.32 Å². The Hall–Kier alpha value is -1.48. The third-order valence-corrected chi connectivity index (χ3v) is 3.54. The number of benzene rings is 1. The minimum absolute atomic E-state index is 0.0751. The lowest BCUT2D eigenvalue weighted by Crippen LogP contribution is -2.26. The molecule has 1 amide bonds. The molecule has 0 saturated carbocycles. The van der Waals surface area contributed by atoms with Gasteiger partial charge in [-0.2, -0.15) is 0 Å². The molecule has 0 heterocycles. The zero-order valence-electron chi connectivity index (χ0n) is 11.2. The predicted molar refractivity (Wildman–Crippen MR) is 74.2 cm³/mol. The summed E-state index contributed by atoms with van der Waals surface area (Å²) in [5, 5.41) is 8.22. The summed E-state index contributed by atoms with van der Waals surface area (Å²) < 4.78 is 27.5. The highest BCUT2D eigenvalue weighted by molar-refractivity contribution is 7.89. The van der Waals surface area contributed by atoms with Gasteiger partial charge in [0.25, 0.3) is 0 Å². The van der Waals surface area contributed by atoms with Crippen LogP contribution in [-0.2, 0) is 19.6 Å². The van der Waals surface area contributed by atoms with E-state index in [4.69, 9.17) is 15.6 Å². The summed E-state index contributed by atoms with van der Waals surface area (Å²) in [5.41, 5.74) is 5.73. The van der Waals surface area contributed by atoms with Gasteiger partial charge in [0, 0.05) is 12.6 Å². The van der Waals surface area contributed by atoms with Crippen molar-refractivity contribution in [2.45, 2.75) is 17.9 Å². The van der Waals surface area contributed by atoms with Gasteiger partial charge in [0.2, 0.25) is 15.9 Å². The van der Waals surface area contributed by atoms with Gasteiger partial charge in [0.1, 0.15) is 6.61 Å². The van der Waals surface area contributed by atoms with Crippen LogP contribution >= 0.6 is 0 Å². The van der Waals surface area contributed by atoms with E-state index in [0.717, 1.165) is 5.56 Å². The maximum absolute atomic E-state index is 11.3. The van der Waals surface area contributed by atoms with Crippen LogP contribution in [-0.4, -0.2) is 34.1 Å². The summed E-state index contributed by atoms with van der Waals surface area (Å²) in [4.78, 5) is 10.5. The van der Waals surface area contributed by atoms with Crippen molar-refractivity contribution >= 4 is 15.9 Å². The smallest absolute Gasteiger partial charge is 0.243 e. The number of ether oxygens (including phenoxy) is 1. The van der Waals surface area contributed by atoms with Gasteiger partial charge >= 0.3 is 0 Å². The first-order valence-electron chi connectivity index (χ1n) is 6.03. The molecule has 0 fully saturated rings. The van der Waals surface area contributed by atoms with Crippen LogP contribution < -0.4 is 16.2 Å². The molecule has 8 heteroatoms. The number of primary amides is 1. The van der Waals surface area contributed by atoms with Gasteiger partial charge in [-0.25, -0.2) is 13.6 Å². The predicted octanol–water partition coefficient (Wildman–Crippen LogP) is -0.513. The molecule has 112 valence electrons. The molecule has 0 aromatic heterocycles. The Balaban J connectivity index is 2.51. The Morgan fingerprint density at radius 1 is 1.45 bits per heavy atom. The lowest BCUT2D eigenvalue weighted by atomic mass is 10.1.